The summed E-state index contributed by atoms with van der Waals surface area (Å²) >= 11 is 1.62. The maximum Gasteiger partial charge on any atom is 0.125 e. The van der Waals surface area contributed by atoms with Crippen LogP contribution in [0.25, 0.3) is 0 Å². The van der Waals surface area contributed by atoms with Crippen LogP contribution in [0.5, 0.6) is 11.5 Å². The van der Waals surface area contributed by atoms with E-state index in [9.17, 15) is 0 Å². The zero-order valence-electron chi connectivity index (χ0n) is 12.6. The van der Waals surface area contributed by atoms with Crippen molar-refractivity contribution >= 4 is 11.3 Å². The van der Waals surface area contributed by atoms with Gasteiger partial charge in [-0.25, -0.2) is 4.98 Å². The molecular formula is C16H20N2O2S. The molecule has 1 aromatic heterocycles. The highest BCUT2D eigenvalue weighted by molar-refractivity contribution is 7.11. The van der Waals surface area contributed by atoms with Crippen molar-refractivity contribution in [2.45, 2.75) is 39.3 Å². The third kappa shape index (κ3) is 2.76. The Bertz CT molecular complexity index is 654. The Labute approximate surface area is 128 Å². The fourth-order valence-electron chi connectivity index (χ4n) is 2.63. The lowest BCUT2D eigenvalue weighted by Crippen LogP contribution is -2.13. The number of nitrogens with two attached hydrogens (primary N) is 1. The number of hydrogen-bond donors (Lipinski definition) is 1. The van der Waals surface area contributed by atoms with Gasteiger partial charge in [-0.3, -0.25) is 0 Å². The summed E-state index contributed by atoms with van der Waals surface area (Å²) in [6, 6.07) is 3.80. The van der Waals surface area contributed by atoms with Crippen molar-refractivity contribution in [1.29, 1.82) is 0 Å². The largest absolute Gasteiger partial charge is 0.494 e. The maximum atomic E-state index is 6.40. The number of nitrogens with zero attached hydrogens (tertiary/aromatic N) is 1. The van der Waals surface area contributed by atoms with Crippen LogP contribution >= 0.6 is 11.3 Å². The second kappa shape index (κ2) is 5.66. The van der Waals surface area contributed by atoms with Crippen molar-refractivity contribution in [3.05, 3.63) is 39.3 Å². The van der Waals surface area contributed by atoms with E-state index in [1.165, 1.54) is 5.56 Å². The Morgan fingerprint density at radius 2 is 2.33 bits per heavy atom. The van der Waals surface area contributed by atoms with Crippen LogP contribution in [-0.4, -0.2) is 17.7 Å². The first-order chi connectivity index (χ1) is 10.1. The van der Waals surface area contributed by atoms with E-state index in [2.05, 4.69) is 18.0 Å². The minimum Gasteiger partial charge on any atom is -0.494 e. The molecule has 1 aliphatic heterocycles. The SMILES string of the molecule is CCOc1cc2c(cc1C(N)c1ncc(C)s1)OC(C)C2. The predicted octanol–water partition coefficient (Wildman–Crippen LogP) is 3.22. The second-order valence-electron chi connectivity index (χ2n) is 5.35. The Morgan fingerprint density at radius 3 is 3.00 bits per heavy atom. The number of fused-ring (bicyclic) bond motifs is 1. The lowest BCUT2D eigenvalue weighted by molar-refractivity contribution is 0.254. The van der Waals surface area contributed by atoms with E-state index in [-0.39, 0.29) is 12.1 Å². The summed E-state index contributed by atoms with van der Waals surface area (Å²) < 4.78 is 11.6. The highest BCUT2D eigenvalue weighted by atomic mass is 32.1. The van der Waals surface area contributed by atoms with Gasteiger partial charge in [0.05, 0.1) is 12.6 Å². The zero-order valence-corrected chi connectivity index (χ0v) is 13.4. The predicted molar refractivity (Wildman–Crippen MR) is 84.3 cm³/mol. The lowest BCUT2D eigenvalue weighted by Gasteiger charge is -2.16. The van der Waals surface area contributed by atoms with Crippen molar-refractivity contribution in [2.24, 2.45) is 5.73 Å². The molecule has 2 heterocycles. The summed E-state index contributed by atoms with van der Waals surface area (Å²) in [6.45, 7) is 6.70. The van der Waals surface area contributed by atoms with Gasteiger partial charge in [0.25, 0.3) is 0 Å². The van der Waals surface area contributed by atoms with Crippen LogP contribution in [0.1, 0.15) is 40.9 Å². The first-order valence-corrected chi connectivity index (χ1v) is 8.04. The van der Waals surface area contributed by atoms with Crippen molar-refractivity contribution < 1.29 is 9.47 Å². The Hall–Kier alpha value is -1.59. The summed E-state index contributed by atoms with van der Waals surface area (Å²) in [6.07, 6.45) is 2.98. The molecule has 0 amide bonds. The van der Waals surface area contributed by atoms with Crippen LogP contribution in [0.2, 0.25) is 0 Å². The molecule has 5 heteroatoms. The smallest absolute Gasteiger partial charge is 0.125 e. The van der Waals surface area contributed by atoms with E-state index < -0.39 is 0 Å². The number of aryl methyl sites for hydroxylation is 1. The maximum absolute atomic E-state index is 6.40. The number of benzene rings is 1. The summed E-state index contributed by atoms with van der Waals surface area (Å²) in [5, 5.41) is 0.902. The van der Waals surface area contributed by atoms with Gasteiger partial charge in [-0.05, 0) is 32.9 Å². The number of ether oxygens (including phenoxy) is 2. The monoisotopic (exact) mass is 304 g/mol. The molecule has 0 bridgehead atoms. The van der Waals surface area contributed by atoms with Gasteiger partial charge in [0.15, 0.2) is 0 Å². The van der Waals surface area contributed by atoms with Gasteiger partial charge in [-0.1, -0.05) is 0 Å². The molecule has 3 rings (SSSR count). The van der Waals surface area contributed by atoms with Gasteiger partial charge in [0, 0.05) is 28.6 Å². The Morgan fingerprint density at radius 1 is 1.52 bits per heavy atom. The van der Waals surface area contributed by atoms with Gasteiger partial charge in [-0.15, -0.1) is 11.3 Å². The fourth-order valence-corrected chi connectivity index (χ4v) is 3.42. The number of thiazole rings is 1. The molecule has 0 saturated heterocycles. The fraction of sp³-hybridized carbons (Fsp3) is 0.438. The van der Waals surface area contributed by atoms with Gasteiger partial charge in [-0.2, -0.15) is 0 Å². The van der Waals surface area contributed by atoms with Gasteiger partial charge >= 0.3 is 0 Å². The molecular weight excluding hydrogens is 284 g/mol. The van der Waals surface area contributed by atoms with E-state index in [0.29, 0.717) is 6.61 Å². The molecule has 1 aliphatic rings. The summed E-state index contributed by atoms with van der Waals surface area (Å²) in [7, 11) is 0. The molecule has 21 heavy (non-hydrogen) atoms. The van der Waals surface area contributed by atoms with Crippen LogP contribution in [-0.2, 0) is 6.42 Å². The molecule has 0 radical (unpaired) electrons. The van der Waals surface area contributed by atoms with E-state index in [4.69, 9.17) is 15.2 Å². The second-order valence-corrected chi connectivity index (χ2v) is 6.62. The molecule has 4 nitrogen and oxygen atoms in total. The third-order valence-electron chi connectivity index (χ3n) is 3.57. The summed E-state index contributed by atoms with van der Waals surface area (Å²) in [5.41, 5.74) is 8.54. The van der Waals surface area contributed by atoms with Crippen molar-refractivity contribution in [2.75, 3.05) is 6.61 Å². The topological polar surface area (TPSA) is 57.4 Å². The average molecular weight is 304 g/mol. The highest BCUT2D eigenvalue weighted by Gasteiger charge is 2.25. The first-order valence-electron chi connectivity index (χ1n) is 7.22. The molecule has 112 valence electrons. The Kier molecular flexibility index (Phi) is 3.87. The van der Waals surface area contributed by atoms with Crippen LogP contribution in [0.3, 0.4) is 0 Å². The summed E-state index contributed by atoms with van der Waals surface area (Å²) in [5.74, 6) is 1.76. The molecule has 0 saturated carbocycles. The van der Waals surface area contributed by atoms with Crippen LogP contribution in [0.15, 0.2) is 18.3 Å². The molecule has 0 fully saturated rings. The van der Waals surface area contributed by atoms with Crippen LogP contribution < -0.4 is 15.2 Å². The average Bonchev–Trinajstić information content (AvgIpc) is 3.02. The zero-order chi connectivity index (χ0) is 15.0. The lowest BCUT2D eigenvalue weighted by atomic mass is 10.0. The van der Waals surface area contributed by atoms with E-state index >= 15 is 0 Å². The Balaban J connectivity index is 2.02. The molecule has 2 unspecified atom stereocenters. The molecule has 2 aromatic rings. The molecule has 2 atom stereocenters. The number of rotatable bonds is 4. The minimum absolute atomic E-state index is 0.211. The third-order valence-corrected chi connectivity index (χ3v) is 4.56. The number of hydrogen-bond acceptors (Lipinski definition) is 5. The quantitative estimate of drug-likeness (QED) is 0.942. The number of aromatic nitrogens is 1. The van der Waals surface area contributed by atoms with Crippen molar-refractivity contribution in [3.8, 4) is 11.5 Å². The standard InChI is InChI=1S/C16H20N2O2S/c1-4-19-14-6-11-5-9(2)20-13(11)7-12(14)15(17)16-18-8-10(3)21-16/h6-9,15H,4-5,17H2,1-3H3. The van der Waals surface area contributed by atoms with E-state index in [1.54, 1.807) is 11.3 Å². The van der Waals surface area contributed by atoms with Gasteiger partial charge in [0.1, 0.15) is 22.6 Å². The van der Waals surface area contributed by atoms with E-state index in [1.807, 2.05) is 26.1 Å². The summed E-state index contributed by atoms with van der Waals surface area (Å²) in [4.78, 5) is 5.56. The van der Waals surface area contributed by atoms with Crippen molar-refractivity contribution in [1.82, 2.24) is 4.98 Å². The van der Waals surface area contributed by atoms with E-state index in [0.717, 1.165) is 33.4 Å². The molecule has 2 N–H and O–H groups in total. The van der Waals surface area contributed by atoms with Gasteiger partial charge in [0.2, 0.25) is 0 Å². The first kappa shape index (κ1) is 14.4. The normalized spacial score (nSPS) is 18.2. The van der Waals surface area contributed by atoms with Crippen LogP contribution in [0, 0.1) is 6.92 Å². The minimum atomic E-state index is -0.282. The van der Waals surface area contributed by atoms with Crippen molar-refractivity contribution in [3.63, 3.8) is 0 Å². The van der Waals surface area contributed by atoms with Crippen LogP contribution in [0.4, 0.5) is 0 Å². The highest BCUT2D eigenvalue weighted by Crippen LogP contribution is 2.39. The molecule has 1 aromatic carbocycles. The van der Waals surface area contributed by atoms with Gasteiger partial charge < -0.3 is 15.2 Å². The molecule has 0 aliphatic carbocycles. The molecule has 0 spiro atoms.